The predicted octanol–water partition coefficient (Wildman–Crippen LogP) is 2.72. The van der Waals surface area contributed by atoms with Gasteiger partial charge in [-0.25, -0.2) is 0 Å². The molecule has 1 atom stereocenters. The number of amides is 2. The van der Waals surface area contributed by atoms with E-state index in [4.69, 9.17) is 4.74 Å². The van der Waals surface area contributed by atoms with Crippen molar-refractivity contribution in [3.05, 3.63) is 65.2 Å². The summed E-state index contributed by atoms with van der Waals surface area (Å²) in [6, 6.07) is 15.3. The summed E-state index contributed by atoms with van der Waals surface area (Å²) < 4.78 is 6.33. The molecule has 0 unspecified atom stereocenters. The van der Waals surface area contributed by atoms with Gasteiger partial charge in [-0.05, 0) is 43.0 Å². The third-order valence-electron chi connectivity index (χ3n) is 5.52. The number of para-hydroxylation sites is 1. The van der Waals surface area contributed by atoms with E-state index in [1.807, 2.05) is 54.3 Å². The number of benzene rings is 2. The van der Waals surface area contributed by atoms with Crippen molar-refractivity contribution in [2.75, 3.05) is 19.6 Å². The summed E-state index contributed by atoms with van der Waals surface area (Å²) in [7, 11) is 0. The van der Waals surface area contributed by atoms with Crippen LogP contribution in [0.5, 0.6) is 5.75 Å². The molecule has 1 N–H and O–H groups in total. The van der Waals surface area contributed by atoms with E-state index >= 15 is 0 Å². The highest BCUT2D eigenvalue weighted by Crippen LogP contribution is 2.32. The van der Waals surface area contributed by atoms with E-state index in [1.165, 1.54) is 0 Å². The lowest BCUT2D eigenvalue weighted by Gasteiger charge is -2.42. The highest BCUT2D eigenvalue weighted by molar-refractivity contribution is 5.97. The van der Waals surface area contributed by atoms with Crippen molar-refractivity contribution in [1.29, 1.82) is 0 Å². The molecule has 2 aromatic carbocycles. The van der Waals surface area contributed by atoms with Crippen molar-refractivity contribution in [3.8, 4) is 5.75 Å². The summed E-state index contributed by atoms with van der Waals surface area (Å²) in [6.07, 6.45) is 2.07. The van der Waals surface area contributed by atoms with Gasteiger partial charge in [-0.1, -0.05) is 36.4 Å². The first-order valence-corrected chi connectivity index (χ1v) is 9.45. The van der Waals surface area contributed by atoms with Crippen LogP contribution in [-0.4, -0.2) is 41.9 Å². The van der Waals surface area contributed by atoms with E-state index in [9.17, 15) is 9.59 Å². The fourth-order valence-electron chi connectivity index (χ4n) is 3.97. The van der Waals surface area contributed by atoms with Crippen LogP contribution in [0.2, 0.25) is 0 Å². The third kappa shape index (κ3) is 3.54. The monoisotopic (exact) mass is 364 g/mol. The zero-order valence-electron chi connectivity index (χ0n) is 15.5. The van der Waals surface area contributed by atoms with Gasteiger partial charge in [0.1, 0.15) is 11.4 Å². The molecule has 1 saturated heterocycles. The largest absolute Gasteiger partial charge is 0.483 e. The minimum Gasteiger partial charge on any atom is -0.483 e. The number of aryl methyl sites for hydroxylation is 1. The topological polar surface area (TPSA) is 58.6 Å². The molecule has 2 heterocycles. The van der Waals surface area contributed by atoms with Crippen LogP contribution in [0, 0.1) is 6.92 Å². The quantitative estimate of drug-likeness (QED) is 0.891. The number of ether oxygens (including phenoxy) is 1. The Labute approximate surface area is 159 Å². The summed E-state index contributed by atoms with van der Waals surface area (Å²) in [6.45, 7) is 3.66. The van der Waals surface area contributed by atoms with Crippen LogP contribution in [0.3, 0.4) is 0 Å². The van der Waals surface area contributed by atoms with E-state index in [2.05, 4.69) is 5.32 Å². The molecule has 5 heteroatoms. The van der Waals surface area contributed by atoms with Crippen molar-refractivity contribution in [3.63, 3.8) is 0 Å². The minimum atomic E-state index is -0.568. The second kappa shape index (κ2) is 7.06. The van der Waals surface area contributed by atoms with Crippen LogP contribution < -0.4 is 10.1 Å². The van der Waals surface area contributed by atoms with Gasteiger partial charge in [0.2, 0.25) is 5.91 Å². The van der Waals surface area contributed by atoms with Gasteiger partial charge < -0.3 is 15.0 Å². The Balaban J connectivity index is 1.53. The molecule has 5 nitrogen and oxygen atoms in total. The Morgan fingerprint density at radius 2 is 1.96 bits per heavy atom. The molecule has 0 saturated carbocycles. The van der Waals surface area contributed by atoms with Gasteiger partial charge in [-0.2, -0.15) is 0 Å². The fourth-order valence-corrected chi connectivity index (χ4v) is 3.97. The maximum Gasteiger partial charge on any atom is 0.255 e. The molecule has 1 fully saturated rings. The Hall–Kier alpha value is -2.82. The fraction of sp³-hybridized carbons (Fsp3) is 0.364. The number of piperidine rings is 1. The van der Waals surface area contributed by atoms with Gasteiger partial charge in [-0.15, -0.1) is 0 Å². The van der Waals surface area contributed by atoms with Crippen molar-refractivity contribution in [2.24, 2.45) is 0 Å². The summed E-state index contributed by atoms with van der Waals surface area (Å²) >= 11 is 0. The normalized spacial score (nSPS) is 21.8. The van der Waals surface area contributed by atoms with Crippen LogP contribution in [0.15, 0.2) is 48.5 Å². The van der Waals surface area contributed by atoms with Crippen molar-refractivity contribution in [2.45, 2.75) is 31.8 Å². The molecule has 140 valence electrons. The van der Waals surface area contributed by atoms with Crippen LogP contribution in [0.4, 0.5) is 0 Å². The molecular formula is C22H24N2O3. The summed E-state index contributed by atoms with van der Waals surface area (Å²) in [5, 5.41) is 2.98. The number of carbonyl (C=O) groups is 2. The van der Waals surface area contributed by atoms with E-state index in [0.717, 1.165) is 30.5 Å². The number of nitrogens with zero attached hydrogens (tertiary/aromatic N) is 1. The number of likely N-dealkylation sites (tertiary alicyclic amines) is 1. The molecule has 4 rings (SSSR count). The van der Waals surface area contributed by atoms with E-state index < -0.39 is 5.60 Å². The highest BCUT2D eigenvalue weighted by Gasteiger charge is 2.42. The molecule has 27 heavy (non-hydrogen) atoms. The summed E-state index contributed by atoms with van der Waals surface area (Å²) in [4.78, 5) is 27.2. The lowest BCUT2D eigenvalue weighted by Crippen LogP contribution is -2.58. The van der Waals surface area contributed by atoms with Crippen molar-refractivity contribution < 1.29 is 14.3 Å². The van der Waals surface area contributed by atoms with Gasteiger partial charge >= 0.3 is 0 Å². The molecule has 2 aliphatic heterocycles. The molecule has 0 aromatic heterocycles. The average Bonchev–Trinajstić information content (AvgIpc) is 2.81. The van der Waals surface area contributed by atoms with Crippen molar-refractivity contribution in [1.82, 2.24) is 10.2 Å². The number of hydrogen-bond donors (Lipinski definition) is 1. The lowest BCUT2D eigenvalue weighted by atomic mass is 9.91. The van der Waals surface area contributed by atoms with Gasteiger partial charge in [0.25, 0.3) is 5.91 Å². The first-order chi connectivity index (χ1) is 13.1. The molecule has 0 bridgehead atoms. The summed E-state index contributed by atoms with van der Waals surface area (Å²) in [5.41, 5.74) is 2.17. The molecule has 2 amide bonds. The Morgan fingerprint density at radius 3 is 2.81 bits per heavy atom. The second-order valence-electron chi connectivity index (χ2n) is 7.49. The Morgan fingerprint density at radius 1 is 1.19 bits per heavy atom. The molecule has 0 aliphatic carbocycles. The maximum absolute atomic E-state index is 12.9. The first kappa shape index (κ1) is 17.6. The zero-order valence-corrected chi connectivity index (χ0v) is 15.5. The van der Waals surface area contributed by atoms with E-state index in [0.29, 0.717) is 30.8 Å². The van der Waals surface area contributed by atoms with Gasteiger partial charge in [0.15, 0.2) is 0 Å². The average molecular weight is 364 g/mol. The summed E-state index contributed by atoms with van der Waals surface area (Å²) in [5.74, 6) is 0.586. The molecule has 1 spiro atoms. The molecule has 0 radical (unpaired) electrons. The Bertz CT molecular complexity index is 879. The number of fused-ring (bicyclic) bond motifs is 1. The standard InChI is InChI=1S/C22H24N2O3/c1-16-7-2-3-8-17(16)13-20(25)24-12-6-11-22(15-24)14-23-21(26)18-9-4-5-10-19(18)27-22/h2-5,7-10H,6,11-15H2,1H3,(H,23,26)/t22-/m0/s1. The first-order valence-electron chi connectivity index (χ1n) is 9.45. The number of carbonyl (C=O) groups excluding carboxylic acids is 2. The van der Waals surface area contributed by atoms with Crippen molar-refractivity contribution >= 4 is 11.8 Å². The lowest BCUT2D eigenvalue weighted by molar-refractivity contribution is -0.136. The highest BCUT2D eigenvalue weighted by atomic mass is 16.5. The minimum absolute atomic E-state index is 0.107. The van der Waals surface area contributed by atoms with Crippen LogP contribution in [-0.2, 0) is 11.2 Å². The third-order valence-corrected chi connectivity index (χ3v) is 5.52. The molecule has 2 aromatic rings. The maximum atomic E-state index is 12.9. The zero-order chi connectivity index (χ0) is 18.9. The molecular weight excluding hydrogens is 340 g/mol. The van der Waals surface area contributed by atoms with Crippen LogP contribution in [0.1, 0.15) is 34.3 Å². The predicted molar refractivity (Wildman–Crippen MR) is 103 cm³/mol. The SMILES string of the molecule is Cc1ccccc1CC(=O)N1CCC[C@]2(CNC(=O)c3ccccc3O2)C1. The molecule has 2 aliphatic rings. The van der Waals surface area contributed by atoms with Gasteiger partial charge in [-0.3, -0.25) is 9.59 Å². The van der Waals surface area contributed by atoms with Crippen LogP contribution >= 0.6 is 0 Å². The van der Waals surface area contributed by atoms with Gasteiger partial charge in [0, 0.05) is 6.54 Å². The number of hydrogen-bond acceptors (Lipinski definition) is 3. The number of nitrogens with one attached hydrogen (secondary N) is 1. The van der Waals surface area contributed by atoms with Crippen LogP contribution in [0.25, 0.3) is 0 Å². The van der Waals surface area contributed by atoms with E-state index in [-0.39, 0.29) is 11.8 Å². The van der Waals surface area contributed by atoms with Gasteiger partial charge in [0.05, 0.1) is 25.1 Å². The van der Waals surface area contributed by atoms with E-state index in [1.54, 1.807) is 6.07 Å². The second-order valence-corrected chi connectivity index (χ2v) is 7.49. The smallest absolute Gasteiger partial charge is 0.255 e. The Kier molecular flexibility index (Phi) is 4.60. The number of rotatable bonds is 2.